The minimum atomic E-state index is -0.361. The number of carbonyl (C=O) groups is 1. The molecule has 1 saturated heterocycles. The molecule has 2 rings (SSSR count). The topological polar surface area (TPSA) is 49.6 Å². The molecule has 0 radical (unpaired) electrons. The molecule has 0 bridgehead atoms. The van der Waals surface area contributed by atoms with E-state index in [4.69, 9.17) is 28.9 Å². The van der Waals surface area contributed by atoms with Crippen LogP contribution in [0.15, 0.2) is 18.2 Å². The lowest BCUT2D eigenvalue weighted by atomic mass is 9.97. The molecule has 0 saturated carbocycles. The van der Waals surface area contributed by atoms with Crippen molar-refractivity contribution in [3.63, 3.8) is 0 Å². The van der Waals surface area contributed by atoms with Crippen LogP contribution in [-0.2, 0) is 4.79 Å². The smallest absolute Gasteiger partial charge is 0.226 e. The van der Waals surface area contributed by atoms with E-state index in [0.29, 0.717) is 22.6 Å². The van der Waals surface area contributed by atoms with Crippen molar-refractivity contribution in [2.45, 2.75) is 25.8 Å². The summed E-state index contributed by atoms with van der Waals surface area (Å²) in [6.45, 7) is 8.97. The number of benzene rings is 1. The van der Waals surface area contributed by atoms with Crippen molar-refractivity contribution in [3.8, 4) is 0 Å². The molecule has 0 aliphatic carbocycles. The molecule has 0 unspecified atom stereocenters. The normalized spacial score (nSPS) is 18.6. The summed E-state index contributed by atoms with van der Waals surface area (Å²) in [4.78, 5) is 16.6. The van der Waals surface area contributed by atoms with Crippen LogP contribution in [0, 0.1) is 0 Å². The van der Waals surface area contributed by atoms with E-state index < -0.39 is 0 Å². The summed E-state index contributed by atoms with van der Waals surface area (Å²) < 4.78 is 0. The minimum Gasteiger partial charge on any atom is -0.369 e. The molecule has 0 spiro atoms. The van der Waals surface area contributed by atoms with Gasteiger partial charge in [0.2, 0.25) is 5.91 Å². The lowest BCUT2D eigenvalue weighted by Crippen LogP contribution is -2.50. The summed E-state index contributed by atoms with van der Waals surface area (Å²) in [6.07, 6.45) is 0. The predicted octanol–water partition coefficient (Wildman–Crippen LogP) is 2.59. The number of halogens is 2. The van der Waals surface area contributed by atoms with Crippen LogP contribution in [0.25, 0.3) is 0 Å². The number of amides is 1. The number of nitrogens with zero attached hydrogens (tertiary/aromatic N) is 2. The molecule has 0 aromatic heterocycles. The second-order valence-electron chi connectivity index (χ2n) is 6.06. The summed E-state index contributed by atoms with van der Waals surface area (Å²) in [7, 11) is 0. The van der Waals surface area contributed by atoms with Crippen molar-refractivity contribution in [2.24, 2.45) is 5.73 Å². The number of nitrogens with two attached hydrogens (primary N) is 1. The molecule has 1 aliphatic heterocycles. The molecule has 2 N–H and O–H groups in total. The molecular weight excluding hydrogens is 321 g/mol. The standard InChI is InChI=1S/C16H23Cl2N3O/c1-11(2)21-7-5-20(6-8-21)10-13(16(19)22)12-3-4-14(17)15(18)9-12/h3-4,9,11,13H,5-8,10H2,1-2H3,(H2,19,22)/t13-/m0/s1. The third kappa shape index (κ3) is 4.35. The molecule has 6 heteroatoms. The Morgan fingerprint density at radius 3 is 2.32 bits per heavy atom. The Balaban J connectivity index is 2.04. The second kappa shape index (κ2) is 7.64. The van der Waals surface area contributed by atoms with Gasteiger partial charge in [-0.3, -0.25) is 14.6 Å². The molecule has 1 heterocycles. The van der Waals surface area contributed by atoms with E-state index >= 15 is 0 Å². The zero-order valence-electron chi connectivity index (χ0n) is 13.1. The van der Waals surface area contributed by atoms with E-state index in [2.05, 4.69) is 23.6 Å². The maximum Gasteiger partial charge on any atom is 0.226 e. The average Bonchev–Trinajstić information content (AvgIpc) is 2.48. The van der Waals surface area contributed by atoms with Crippen molar-refractivity contribution in [3.05, 3.63) is 33.8 Å². The largest absolute Gasteiger partial charge is 0.369 e. The van der Waals surface area contributed by atoms with Crippen molar-refractivity contribution in [1.82, 2.24) is 9.80 Å². The number of piperazine rings is 1. The predicted molar refractivity (Wildman–Crippen MR) is 91.5 cm³/mol. The van der Waals surface area contributed by atoms with Gasteiger partial charge >= 0.3 is 0 Å². The fraction of sp³-hybridized carbons (Fsp3) is 0.562. The molecule has 1 aromatic carbocycles. The zero-order valence-corrected chi connectivity index (χ0v) is 14.6. The summed E-state index contributed by atoms with van der Waals surface area (Å²) in [5.74, 6) is -0.690. The van der Waals surface area contributed by atoms with Gasteiger partial charge in [-0.05, 0) is 31.5 Å². The third-order valence-corrected chi connectivity index (χ3v) is 5.01. The first kappa shape index (κ1) is 17.5. The number of rotatable bonds is 5. The molecule has 4 nitrogen and oxygen atoms in total. The van der Waals surface area contributed by atoms with Crippen LogP contribution in [-0.4, -0.2) is 54.5 Å². The van der Waals surface area contributed by atoms with E-state index in [1.165, 1.54) is 0 Å². The Hall–Kier alpha value is -0.810. The Labute approximate surface area is 142 Å². The van der Waals surface area contributed by atoms with Gasteiger partial charge in [0.05, 0.1) is 16.0 Å². The summed E-state index contributed by atoms with van der Waals surface area (Å²) in [5.41, 5.74) is 6.42. The second-order valence-corrected chi connectivity index (χ2v) is 6.87. The molecule has 122 valence electrons. The number of carbonyl (C=O) groups excluding carboxylic acids is 1. The highest BCUT2D eigenvalue weighted by atomic mass is 35.5. The first-order valence-electron chi connectivity index (χ1n) is 7.59. The Morgan fingerprint density at radius 2 is 1.82 bits per heavy atom. The van der Waals surface area contributed by atoms with Crippen LogP contribution >= 0.6 is 23.2 Å². The van der Waals surface area contributed by atoms with Crippen LogP contribution in [0.3, 0.4) is 0 Å². The quantitative estimate of drug-likeness (QED) is 0.893. The van der Waals surface area contributed by atoms with E-state index in [1.807, 2.05) is 6.07 Å². The molecule has 1 aromatic rings. The van der Waals surface area contributed by atoms with Gasteiger partial charge in [-0.15, -0.1) is 0 Å². The minimum absolute atomic E-state index is 0.329. The summed E-state index contributed by atoms with van der Waals surface area (Å²) in [6, 6.07) is 5.84. The Kier molecular flexibility index (Phi) is 6.09. The van der Waals surface area contributed by atoms with E-state index in [1.54, 1.807) is 12.1 Å². The van der Waals surface area contributed by atoms with E-state index in [0.717, 1.165) is 31.7 Å². The van der Waals surface area contributed by atoms with Crippen molar-refractivity contribution in [1.29, 1.82) is 0 Å². The van der Waals surface area contributed by atoms with Gasteiger partial charge in [-0.1, -0.05) is 29.3 Å². The molecule has 1 fully saturated rings. The van der Waals surface area contributed by atoms with E-state index in [-0.39, 0.29) is 11.8 Å². The van der Waals surface area contributed by atoms with Crippen LogP contribution in [0.4, 0.5) is 0 Å². The molecule has 22 heavy (non-hydrogen) atoms. The monoisotopic (exact) mass is 343 g/mol. The van der Waals surface area contributed by atoms with Crippen molar-refractivity contribution < 1.29 is 4.79 Å². The SMILES string of the molecule is CC(C)N1CCN(C[C@H](C(N)=O)c2ccc(Cl)c(Cl)c2)CC1. The number of primary amides is 1. The van der Waals surface area contributed by atoms with Crippen molar-refractivity contribution >= 4 is 29.1 Å². The lowest BCUT2D eigenvalue weighted by Gasteiger charge is -2.38. The Morgan fingerprint density at radius 1 is 1.18 bits per heavy atom. The Bertz CT molecular complexity index is 528. The third-order valence-electron chi connectivity index (χ3n) is 4.27. The van der Waals surface area contributed by atoms with Gasteiger partial charge < -0.3 is 5.73 Å². The van der Waals surface area contributed by atoms with Crippen LogP contribution in [0.2, 0.25) is 10.0 Å². The highest BCUT2D eigenvalue weighted by Crippen LogP contribution is 2.27. The summed E-state index contributed by atoms with van der Waals surface area (Å²) >= 11 is 12.0. The average molecular weight is 344 g/mol. The first-order chi connectivity index (χ1) is 10.4. The maximum atomic E-state index is 11.9. The molecule has 1 atom stereocenters. The molecular formula is C16H23Cl2N3O. The van der Waals surface area contributed by atoms with Gasteiger partial charge in [0.15, 0.2) is 0 Å². The maximum absolute atomic E-state index is 11.9. The van der Waals surface area contributed by atoms with E-state index in [9.17, 15) is 4.79 Å². The van der Waals surface area contributed by atoms with Gasteiger partial charge in [-0.25, -0.2) is 0 Å². The highest BCUT2D eigenvalue weighted by Gasteiger charge is 2.25. The summed E-state index contributed by atoms with van der Waals surface area (Å²) in [5, 5.41) is 0.939. The molecule has 1 amide bonds. The van der Waals surface area contributed by atoms with Gasteiger partial charge in [0.25, 0.3) is 0 Å². The fourth-order valence-electron chi connectivity index (χ4n) is 2.81. The van der Waals surface area contributed by atoms with Gasteiger partial charge in [-0.2, -0.15) is 0 Å². The van der Waals surface area contributed by atoms with Crippen LogP contribution in [0.1, 0.15) is 25.3 Å². The highest BCUT2D eigenvalue weighted by molar-refractivity contribution is 6.42. The van der Waals surface area contributed by atoms with Gasteiger partial charge in [0.1, 0.15) is 0 Å². The molecule has 1 aliphatic rings. The fourth-order valence-corrected chi connectivity index (χ4v) is 3.12. The zero-order chi connectivity index (χ0) is 16.3. The van der Waals surface area contributed by atoms with Crippen LogP contribution < -0.4 is 5.73 Å². The number of hydrogen-bond donors (Lipinski definition) is 1. The first-order valence-corrected chi connectivity index (χ1v) is 8.34. The lowest BCUT2D eigenvalue weighted by molar-refractivity contribution is -0.120. The number of hydrogen-bond acceptors (Lipinski definition) is 3. The van der Waals surface area contributed by atoms with Crippen molar-refractivity contribution in [2.75, 3.05) is 32.7 Å². The van der Waals surface area contributed by atoms with Crippen LogP contribution in [0.5, 0.6) is 0 Å². The van der Waals surface area contributed by atoms with Gasteiger partial charge in [0, 0.05) is 38.8 Å².